The summed E-state index contributed by atoms with van der Waals surface area (Å²) in [6, 6.07) is 5.31. The van der Waals surface area contributed by atoms with E-state index in [1.54, 1.807) is 23.1 Å². The van der Waals surface area contributed by atoms with Gasteiger partial charge in [-0.05, 0) is 30.4 Å². The van der Waals surface area contributed by atoms with Crippen LogP contribution in [0.5, 0.6) is 0 Å². The Labute approximate surface area is 110 Å². The van der Waals surface area contributed by atoms with E-state index in [0.29, 0.717) is 22.3 Å². The summed E-state index contributed by atoms with van der Waals surface area (Å²) in [5.74, 6) is 2.13. The summed E-state index contributed by atoms with van der Waals surface area (Å²) >= 11 is 7.79. The predicted octanol–water partition coefficient (Wildman–Crippen LogP) is 2.50. The molecule has 0 radical (unpaired) electrons. The maximum Gasteiger partial charge on any atom is 0.254 e. The molecule has 0 spiro atoms. The lowest BCUT2D eigenvalue weighted by molar-refractivity contribution is 0.0748. The molecule has 1 fully saturated rings. The molecule has 3 nitrogen and oxygen atoms in total. The fraction of sp³-hybridized carbons (Fsp3) is 0.417. The highest BCUT2D eigenvalue weighted by Gasteiger charge is 2.24. The van der Waals surface area contributed by atoms with Gasteiger partial charge in [0.1, 0.15) is 0 Å². The number of thioether (sulfide) groups is 1. The van der Waals surface area contributed by atoms with Crippen LogP contribution in [0, 0.1) is 0 Å². The maximum absolute atomic E-state index is 12.2. The number of carbonyl (C=O) groups excluding carboxylic acids is 1. The average Bonchev–Trinajstić information content (AvgIpc) is 2.79. The van der Waals surface area contributed by atoms with E-state index in [4.69, 9.17) is 17.3 Å². The van der Waals surface area contributed by atoms with Crippen LogP contribution in [0.3, 0.4) is 0 Å². The van der Waals surface area contributed by atoms with Crippen LogP contribution in [0.1, 0.15) is 16.8 Å². The molecule has 1 aromatic rings. The van der Waals surface area contributed by atoms with Crippen LogP contribution in [-0.2, 0) is 0 Å². The number of nitrogen functional groups attached to an aromatic ring is 1. The largest absolute Gasteiger partial charge is 0.399 e. The zero-order chi connectivity index (χ0) is 12.4. The Bertz CT molecular complexity index is 412. The lowest BCUT2D eigenvalue weighted by Gasteiger charge is -2.24. The van der Waals surface area contributed by atoms with Gasteiger partial charge in [0, 0.05) is 35.1 Å². The van der Waals surface area contributed by atoms with Gasteiger partial charge in [0.15, 0.2) is 0 Å². The molecule has 0 saturated carbocycles. The molecule has 92 valence electrons. The third-order valence-electron chi connectivity index (χ3n) is 2.94. The van der Waals surface area contributed by atoms with E-state index in [1.165, 1.54) is 0 Å². The van der Waals surface area contributed by atoms with Crippen LogP contribution in [-0.4, -0.2) is 35.4 Å². The Hall–Kier alpha value is -0.870. The third kappa shape index (κ3) is 2.87. The van der Waals surface area contributed by atoms with Gasteiger partial charge in [-0.25, -0.2) is 0 Å². The molecule has 1 aliphatic heterocycles. The zero-order valence-corrected chi connectivity index (χ0v) is 11.2. The number of nitrogens with two attached hydrogens (primary N) is 1. The first kappa shape index (κ1) is 12.6. The van der Waals surface area contributed by atoms with Crippen molar-refractivity contribution in [3.8, 4) is 0 Å². The Morgan fingerprint density at radius 2 is 2.29 bits per heavy atom. The molecular formula is C12H15ClN2OS. The zero-order valence-electron chi connectivity index (χ0n) is 9.65. The van der Waals surface area contributed by atoms with Gasteiger partial charge >= 0.3 is 0 Å². The summed E-state index contributed by atoms with van der Waals surface area (Å²) in [5.41, 5.74) is 6.78. The Balaban J connectivity index is 2.17. The standard InChI is InChI=1S/C12H15ClN2OS/c1-15(11-2-3-17-7-11)12(16)8-4-9(13)6-10(14)5-8/h4-6,11H,2-3,7,14H2,1H3. The van der Waals surface area contributed by atoms with Crippen LogP contribution in [0.4, 0.5) is 5.69 Å². The van der Waals surface area contributed by atoms with Crippen molar-refractivity contribution in [1.29, 1.82) is 0 Å². The van der Waals surface area contributed by atoms with Gasteiger partial charge in [0.25, 0.3) is 5.91 Å². The van der Waals surface area contributed by atoms with Crippen LogP contribution < -0.4 is 5.73 Å². The van der Waals surface area contributed by atoms with E-state index in [1.807, 2.05) is 18.8 Å². The van der Waals surface area contributed by atoms with Crippen LogP contribution >= 0.6 is 23.4 Å². The minimum atomic E-state index is -0.00769. The van der Waals surface area contributed by atoms with E-state index < -0.39 is 0 Å². The van der Waals surface area contributed by atoms with Gasteiger partial charge in [-0.15, -0.1) is 0 Å². The van der Waals surface area contributed by atoms with Gasteiger partial charge in [0.2, 0.25) is 0 Å². The van der Waals surface area contributed by atoms with Crippen molar-refractivity contribution >= 4 is 35.0 Å². The summed E-state index contributed by atoms with van der Waals surface area (Å²) in [7, 11) is 1.84. The highest BCUT2D eigenvalue weighted by Crippen LogP contribution is 2.24. The molecule has 1 saturated heterocycles. The lowest BCUT2D eigenvalue weighted by atomic mass is 10.1. The number of nitrogens with zero attached hydrogens (tertiary/aromatic N) is 1. The number of carbonyl (C=O) groups is 1. The molecule has 1 aromatic carbocycles. The summed E-state index contributed by atoms with van der Waals surface area (Å²) in [6.45, 7) is 0. The monoisotopic (exact) mass is 270 g/mol. The van der Waals surface area contributed by atoms with Crippen LogP contribution in [0.25, 0.3) is 0 Å². The molecule has 0 aromatic heterocycles. The molecular weight excluding hydrogens is 256 g/mol. The van der Waals surface area contributed by atoms with Crippen molar-refractivity contribution in [2.45, 2.75) is 12.5 Å². The average molecular weight is 271 g/mol. The third-order valence-corrected chi connectivity index (χ3v) is 4.30. The second-order valence-corrected chi connectivity index (χ2v) is 5.79. The highest BCUT2D eigenvalue weighted by atomic mass is 35.5. The molecule has 1 amide bonds. The predicted molar refractivity (Wildman–Crippen MR) is 73.7 cm³/mol. The molecule has 1 atom stereocenters. The first-order valence-corrected chi connectivity index (χ1v) is 7.02. The number of anilines is 1. The Kier molecular flexibility index (Phi) is 3.84. The SMILES string of the molecule is CN(C(=O)c1cc(N)cc(Cl)c1)C1CCSC1. The molecule has 1 aliphatic rings. The van der Waals surface area contributed by atoms with Gasteiger partial charge in [0.05, 0.1) is 0 Å². The summed E-state index contributed by atoms with van der Waals surface area (Å²) in [6.07, 6.45) is 1.06. The number of amides is 1. The number of benzene rings is 1. The van der Waals surface area contributed by atoms with Gasteiger partial charge < -0.3 is 10.6 Å². The van der Waals surface area contributed by atoms with E-state index >= 15 is 0 Å². The fourth-order valence-corrected chi connectivity index (χ4v) is 3.44. The summed E-state index contributed by atoms with van der Waals surface area (Å²) in [4.78, 5) is 14.0. The molecule has 1 unspecified atom stereocenters. The first-order valence-electron chi connectivity index (χ1n) is 5.49. The van der Waals surface area contributed by atoms with Crippen molar-refractivity contribution in [2.75, 3.05) is 24.3 Å². The highest BCUT2D eigenvalue weighted by molar-refractivity contribution is 7.99. The molecule has 2 N–H and O–H groups in total. The minimum absolute atomic E-state index is 0.00769. The smallest absolute Gasteiger partial charge is 0.254 e. The first-order chi connectivity index (χ1) is 8.08. The number of hydrogen-bond acceptors (Lipinski definition) is 3. The van der Waals surface area contributed by atoms with E-state index in [2.05, 4.69) is 0 Å². The van der Waals surface area contributed by atoms with Crippen LogP contribution in [0.15, 0.2) is 18.2 Å². The fourth-order valence-electron chi connectivity index (χ4n) is 1.93. The topological polar surface area (TPSA) is 46.3 Å². The Morgan fingerprint density at radius 1 is 1.53 bits per heavy atom. The van der Waals surface area contributed by atoms with E-state index in [0.717, 1.165) is 17.9 Å². The van der Waals surface area contributed by atoms with E-state index in [-0.39, 0.29) is 5.91 Å². The minimum Gasteiger partial charge on any atom is -0.399 e. The molecule has 0 aliphatic carbocycles. The van der Waals surface area contributed by atoms with E-state index in [9.17, 15) is 4.79 Å². The van der Waals surface area contributed by atoms with Gasteiger partial charge in [-0.1, -0.05) is 11.6 Å². The second-order valence-electron chi connectivity index (χ2n) is 4.21. The Morgan fingerprint density at radius 3 is 2.88 bits per heavy atom. The van der Waals surface area contributed by atoms with Crippen LogP contribution in [0.2, 0.25) is 5.02 Å². The van der Waals surface area contributed by atoms with Crippen molar-refractivity contribution in [2.24, 2.45) is 0 Å². The summed E-state index contributed by atoms with van der Waals surface area (Å²) in [5, 5.41) is 0.502. The maximum atomic E-state index is 12.2. The summed E-state index contributed by atoms with van der Waals surface area (Å²) < 4.78 is 0. The number of rotatable bonds is 2. The molecule has 0 bridgehead atoms. The quantitative estimate of drug-likeness (QED) is 0.840. The van der Waals surface area contributed by atoms with Gasteiger partial charge in [-0.3, -0.25) is 4.79 Å². The number of hydrogen-bond donors (Lipinski definition) is 1. The second kappa shape index (κ2) is 5.19. The number of halogens is 1. The van der Waals surface area contributed by atoms with Crippen molar-refractivity contribution in [1.82, 2.24) is 4.90 Å². The van der Waals surface area contributed by atoms with Gasteiger partial charge in [-0.2, -0.15) is 11.8 Å². The molecule has 17 heavy (non-hydrogen) atoms. The van der Waals surface area contributed by atoms with Crippen molar-refractivity contribution in [3.63, 3.8) is 0 Å². The van der Waals surface area contributed by atoms with Crippen molar-refractivity contribution in [3.05, 3.63) is 28.8 Å². The molecule has 1 heterocycles. The lowest BCUT2D eigenvalue weighted by Crippen LogP contribution is -2.37. The van der Waals surface area contributed by atoms with Crippen molar-refractivity contribution < 1.29 is 4.79 Å². The molecule has 5 heteroatoms. The normalized spacial score (nSPS) is 19.3. The molecule has 2 rings (SSSR count).